The van der Waals surface area contributed by atoms with Crippen molar-refractivity contribution in [1.29, 1.82) is 0 Å². The van der Waals surface area contributed by atoms with Crippen LogP contribution in [0.25, 0.3) is 0 Å². The summed E-state index contributed by atoms with van der Waals surface area (Å²) in [5.41, 5.74) is 1.52. The molecule has 1 aliphatic heterocycles. The Morgan fingerprint density at radius 1 is 1.37 bits per heavy atom. The van der Waals surface area contributed by atoms with Crippen LogP contribution in [0.2, 0.25) is 0 Å². The van der Waals surface area contributed by atoms with E-state index in [-0.39, 0.29) is 0 Å². The van der Waals surface area contributed by atoms with Gasteiger partial charge < -0.3 is 4.74 Å². The monoisotopic (exact) mass is 279 g/mol. The Morgan fingerprint density at radius 2 is 2.16 bits per heavy atom. The molecule has 1 aromatic carbocycles. The maximum Gasteiger partial charge on any atom is 0.0589 e. The Hall–Kier alpha value is -0.510. The number of fused-ring (bicyclic) bond motifs is 1. The summed E-state index contributed by atoms with van der Waals surface area (Å²) in [4.78, 5) is 4.03. The normalized spacial score (nSPS) is 18.3. The minimum absolute atomic E-state index is 0.702. The third-order valence-corrected chi connectivity index (χ3v) is 4.71. The lowest BCUT2D eigenvalue weighted by Crippen LogP contribution is -2.36. The summed E-state index contributed by atoms with van der Waals surface area (Å²) in [6, 6.07) is 8.82. The zero-order valence-electron chi connectivity index (χ0n) is 12.3. The Balaban J connectivity index is 1.88. The number of hydrogen-bond donors (Lipinski definition) is 0. The summed E-state index contributed by atoms with van der Waals surface area (Å²) in [5, 5.41) is 0.702. The largest absolute Gasteiger partial charge is 0.383 e. The van der Waals surface area contributed by atoms with E-state index in [9.17, 15) is 0 Å². The fourth-order valence-corrected chi connectivity index (χ4v) is 4.00. The Bertz CT molecular complexity index is 369. The number of methoxy groups -OCH3 is 1. The van der Waals surface area contributed by atoms with Crippen LogP contribution < -0.4 is 0 Å². The maximum atomic E-state index is 5.23. The van der Waals surface area contributed by atoms with Gasteiger partial charge in [-0.15, -0.1) is 11.8 Å². The van der Waals surface area contributed by atoms with Crippen molar-refractivity contribution in [3.05, 3.63) is 29.8 Å². The smallest absolute Gasteiger partial charge is 0.0589 e. The number of hydrogen-bond acceptors (Lipinski definition) is 3. The molecule has 2 nitrogen and oxygen atoms in total. The summed E-state index contributed by atoms with van der Waals surface area (Å²) in [6.07, 6.45) is 1.21. The molecule has 0 aliphatic carbocycles. The quantitative estimate of drug-likeness (QED) is 0.760. The molecule has 106 valence electrons. The van der Waals surface area contributed by atoms with Gasteiger partial charge in [-0.1, -0.05) is 32.0 Å². The van der Waals surface area contributed by atoms with Gasteiger partial charge in [0.1, 0.15) is 0 Å². The molecule has 0 bridgehead atoms. The van der Waals surface area contributed by atoms with E-state index < -0.39 is 0 Å². The van der Waals surface area contributed by atoms with Gasteiger partial charge in [0.05, 0.1) is 6.61 Å². The topological polar surface area (TPSA) is 12.5 Å². The van der Waals surface area contributed by atoms with Crippen LogP contribution in [0.4, 0.5) is 0 Å². The van der Waals surface area contributed by atoms with Gasteiger partial charge in [-0.2, -0.15) is 0 Å². The van der Waals surface area contributed by atoms with Crippen LogP contribution >= 0.6 is 11.8 Å². The van der Waals surface area contributed by atoms with Crippen molar-refractivity contribution in [2.24, 2.45) is 5.92 Å². The first-order valence-corrected chi connectivity index (χ1v) is 8.03. The fourth-order valence-electron chi connectivity index (χ4n) is 2.64. The van der Waals surface area contributed by atoms with Gasteiger partial charge in [0.25, 0.3) is 0 Å². The fraction of sp³-hybridized carbons (Fsp3) is 0.625. The maximum absolute atomic E-state index is 5.23. The molecule has 19 heavy (non-hydrogen) atoms. The van der Waals surface area contributed by atoms with E-state index in [0.717, 1.165) is 19.7 Å². The summed E-state index contributed by atoms with van der Waals surface area (Å²) >= 11 is 2.04. The third-order valence-electron chi connectivity index (χ3n) is 3.41. The van der Waals surface area contributed by atoms with E-state index >= 15 is 0 Å². The third kappa shape index (κ3) is 4.51. The predicted molar refractivity (Wildman–Crippen MR) is 82.9 cm³/mol. The van der Waals surface area contributed by atoms with Gasteiger partial charge in [0.2, 0.25) is 0 Å². The Morgan fingerprint density at radius 3 is 2.84 bits per heavy atom. The van der Waals surface area contributed by atoms with E-state index in [2.05, 4.69) is 43.0 Å². The second-order valence-corrected chi connectivity index (χ2v) is 7.04. The highest BCUT2D eigenvalue weighted by atomic mass is 32.2. The highest BCUT2D eigenvalue weighted by Gasteiger charge is 2.24. The summed E-state index contributed by atoms with van der Waals surface area (Å²) in [6.45, 7) is 8.78. The van der Waals surface area contributed by atoms with Crippen molar-refractivity contribution in [2.45, 2.75) is 30.4 Å². The molecule has 0 amide bonds. The zero-order chi connectivity index (χ0) is 13.7. The van der Waals surface area contributed by atoms with Gasteiger partial charge in [-0.05, 0) is 24.0 Å². The molecule has 1 aromatic rings. The van der Waals surface area contributed by atoms with Crippen LogP contribution in [0, 0.1) is 5.92 Å². The zero-order valence-corrected chi connectivity index (χ0v) is 13.1. The molecule has 1 heterocycles. The van der Waals surface area contributed by atoms with Gasteiger partial charge in [-0.3, -0.25) is 4.90 Å². The highest BCUT2D eigenvalue weighted by Crippen LogP contribution is 2.37. The molecule has 1 atom stereocenters. The standard InChI is InChI=1S/C16H25NOS/c1-13(2)11-17(8-9-18-3)12-15-10-14-6-4-5-7-16(14)19-15/h4-7,13,15H,8-12H2,1-3H3. The molecule has 0 radical (unpaired) electrons. The van der Waals surface area contributed by atoms with Gasteiger partial charge in [-0.25, -0.2) is 0 Å². The molecule has 0 N–H and O–H groups in total. The first-order chi connectivity index (χ1) is 9.19. The number of nitrogens with zero attached hydrogens (tertiary/aromatic N) is 1. The second kappa shape index (κ2) is 7.32. The minimum Gasteiger partial charge on any atom is -0.383 e. The van der Waals surface area contributed by atoms with Crippen LogP contribution in [0.5, 0.6) is 0 Å². The van der Waals surface area contributed by atoms with Crippen LogP contribution in [0.3, 0.4) is 0 Å². The SMILES string of the molecule is COCCN(CC(C)C)CC1Cc2ccccc2S1. The lowest BCUT2D eigenvalue weighted by molar-refractivity contribution is 0.140. The predicted octanol–water partition coefficient (Wildman–Crippen LogP) is 3.31. The van der Waals surface area contributed by atoms with E-state index in [1.165, 1.54) is 23.4 Å². The van der Waals surface area contributed by atoms with Gasteiger partial charge in [0.15, 0.2) is 0 Å². The summed E-state index contributed by atoms with van der Waals surface area (Å²) < 4.78 is 5.23. The first kappa shape index (κ1) is 14.9. The van der Waals surface area contributed by atoms with Crippen molar-refractivity contribution in [1.82, 2.24) is 4.90 Å². The highest BCUT2D eigenvalue weighted by molar-refractivity contribution is 8.00. The van der Waals surface area contributed by atoms with E-state index in [0.29, 0.717) is 11.2 Å². The Kier molecular flexibility index (Phi) is 5.74. The molecule has 1 unspecified atom stereocenters. The van der Waals surface area contributed by atoms with Crippen molar-refractivity contribution in [2.75, 3.05) is 33.4 Å². The van der Waals surface area contributed by atoms with Crippen LogP contribution in [0.15, 0.2) is 29.2 Å². The minimum atomic E-state index is 0.702. The van der Waals surface area contributed by atoms with Crippen molar-refractivity contribution in [3.63, 3.8) is 0 Å². The van der Waals surface area contributed by atoms with Crippen molar-refractivity contribution in [3.8, 4) is 0 Å². The number of ether oxygens (including phenoxy) is 1. The lowest BCUT2D eigenvalue weighted by Gasteiger charge is -2.26. The van der Waals surface area contributed by atoms with Crippen LogP contribution in [-0.2, 0) is 11.2 Å². The second-order valence-electron chi connectivity index (χ2n) is 5.70. The van der Waals surface area contributed by atoms with E-state index in [1.54, 1.807) is 7.11 Å². The average molecular weight is 279 g/mol. The molecular weight excluding hydrogens is 254 g/mol. The first-order valence-electron chi connectivity index (χ1n) is 7.15. The van der Waals surface area contributed by atoms with Gasteiger partial charge >= 0.3 is 0 Å². The molecule has 3 heteroatoms. The molecule has 0 saturated heterocycles. The summed E-state index contributed by atoms with van der Waals surface area (Å²) in [7, 11) is 1.79. The number of benzene rings is 1. The molecular formula is C16H25NOS. The van der Waals surface area contributed by atoms with Gasteiger partial charge in [0, 0.05) is 36.9 Å². The lowest BCUT2D eigenvalue weighted by atomic mass is 10.1. The van der Waals surface area contributed by atoms with Crippen LogP contribution in [0.1, 0.15) is 19.4 Å². The van der Waals surface area contributed by atoms with Crippen molar-refractivity contribution < 1.29 is 4.74 Å². The average Bonchev–Trinajstić information content (AvgIpc) is 2.77. The van der Waals surface area contributed by atoms with E-state index in [4.69, 9.17) is 4.74 Å². The van der Waals surface area contributed by atoms with Crippen LogP contribution in [-0.4, -0.2) is 43.5 Å². The Labute approximate surface area is 121 Å². The molecule has 0 fully saturated rings. The molecule has 0 saturated carbocycles. The number of rotatable bonds is 7. The number of thioether (sulfide) groups is 1. The van der Waals surface area contributed by atoms with Crippen molar-refractivity contribution >= 4 is 11.8 Å². The molecule has 1 aliphatic rings. The molecule has 0 aromatic heterocycles. The molecule has 2 rings (SSSR count). The van der Waals surface area contributed by atoms with E-state index in [1.807, 2.05) is 11.8 Å². The summed E-state index contributed by atoms with van der Waals surface area (Å²) in [5.74, 6) is 0.714. The molecule has 0 spiro atoms.